The standard InChI is InChI=1S/C25H25N5O4/c1-34-19-11-9-18(10-12-19)30-23-20(22(27-30)24(26)32)13-15-29(25(23)33)17-7-5-16(6-8-17)28-14-3-2-4-21(28)31/h5-12H,2-4,13-15H2,1H3,(H2,26,32)/i2D2,3D2,4D2,9D,10D,11D,12D,15D2. The number of benzene rings is 2. The summed E-state index contributed by atoms with van der Waals surface area (Å²) in [5, 5.41) is 4.02. The van der Waals surface area contributed by atoms with E-state index in [1.807, 2.05) is 0 Å². The SMILES string of the molecule is [2H]c1c([2H])c(-n2nc(C(N)=O)c3c2C(=O)N(c2ccc(N4CC([2H])([2H])C([2H])([2H])C([2H])([2H])C4=O)cc2)C([2H])([2H])C3)c([2H])c([2H])c1OC. The summed E-state index contributed by atoms with van der Waals surface area (Å²) in [7, 11) is 1.14. The van der Waals surface area contributed by atoms with Gasteiger partial charge in [0.15, 0.2) is 5.69 Å². The molecule has 9 heteroatoms. The quantitative estimate of drug-likeness (QED) is 0.615. The Morgan fingerprint density at radius 1 is 1.06 bits per heavy atom. The number of fused-ring (bicyclic) bond motifs is 1. The first-order valence-electron chi connectivity index (χ1n) is 16.0. The molecule has 1 aromatic heterocycles. The summed E-state index contributed by atoms with van der Waals surface area (Å²) >= 11 is 0. The molecule has 0 spiro atoms. The summed E-state index contributed by atoms with van der Waals surface area (Å²) in [6, 6.07) is 2.20. The van der Waals surface area contributed by atoms with Crippen molar-refractivity contribution < 1.29 is 35.6 Å². The highest BCUT2D eigenvalue weighted by Crippen LogP contribution is 2.31. The third kappa shape index (κ3) is 3.68. The molecule has 3 amide bonds. The minimum absolute atomic E-state index is 0.0642. The Morgan fingerprint density at radius 3 is 2.38 bits per heavy atom. The number of hydrogen-bond acceptors (Lipinski definition) is 5. The predicted octanol–water partition coefficient (Wildman–Crippen LogP) is 2.70. The molecular formula is C25H25N5O4. The summed E-state index contributed by atoms with van der Waals surface area (Å²) in [5.41, 5.74) is 3.55. The zero-order valence-corrected chi connectivity index (χ0v) is 17.7. The van der Waals surface area contributed by atoms with Gasteiger partial charge in [0.1, 0.15) is 11.4 Å². The molecule has 1 saturated heterocycles. The van der Waals surface area contributed by atoms with Gasteiger partial charge in [0.05, 0.1) is 21.0 Å². The summed E-state index contributed by atoms with van der Waals surface area (Å²) in [5.74, 6) is -3.97. The van der Waals surface area contributed by atoms with Crippen molar-refractivity contribution in [2.45, 2.75) is 25.5 Å². The Morgan fingerprint density at radius 2 is 1.74 bits per heavy atom. The van der Waals surface area contributed by atoms with Crippen molar-refractivity contribution in [1.29, 1.82) is 0 Å². The highest BCUT2D eigenvalue weighted by Gasteiger charge is 2.34. The maximum atomic E-state index is 14.1. The lowest BCUT2D eigenvalue weighted by Crippen LogP contribution is -2.39. The van der Waals surface area contributed by atoms with Gasteiger partial charge in [0.25, 0.3) is 11.8 Å². The Bertz CT molecular complexity index is 1800. The third-order valence-electron chi connectivity index (χ3n) is 5.20. The number of amides is 3. The second-order valence-electron chi connectivity index (χ2n) is 7.14. The average Bonchev–Trinajstić information content (AvgIpc) is 3.33. The van der Waals surface area contributed by atoms with Crippen molar-refractivity contribution >= 4 is 29.1 Å². The van der Waals surface area contributed by atoms with Crippen LogP contribution in [0.3, 0.4) is 0 Å². The van der Waals surface area contributed by atoms with Crippen molar-refractivity contribution in [1.82, 2.24) is 9.78 Å². The number of aromatic nitrogens is 2. The van der Waals surface area contributed by atoms with Crippen molar-refractivity contribution in [3.05, 3.63) is 65.4 Å². The number of nitrogens with zero attached hydrogens (tertiary/aromatic N) is 4. The maximum absolute atomic E-state index is 14.1. The second kappa shape index (κ2) is 8.66. The van der Waals surface area contributed by atoms with Crippen LogP contribution in [0.15, 0.2) is 48.4 Å². The molecule has 1 fully saturated rings. The number of hydrogen-bond donors (Lipinski definition) is 1. The minimum Gasteiger partial charge on any atom is -0.497 e. The Labute approximate surface area is 213 Å². The van der Waals surface area contributed by atoms with E-state index in [-0.39, 0.29) is 22.7 Å². The summed E-state index contributed by atoms with van der Waals surface area (Å²) in [6.07, 6.45) is -9.81. The monoisotopic (exact) mass is 471 g/mol. The molecule has 174 valence electrons. The summed E-state index contributed by atoms with van der Waals surface area (Å²) < 4.78 is 104. The molecule has 9 nitrogen and oxygen atoms in total. The molecule has 34 heavy (non-hydrogen) atoms. The zero-order valence-electron chi connectivity index (χ0n) is 29.7. The van der Waals surface area contributed by atoms with Gasteiger partial charge in [-0.2, -0.15) is 5.10 Å². The van der Waals surface area contributed by atoms with Crippen molar-refractivity contribution in [2.24, 2.45) is 5.73 Å². The van der Waals surface area contributed by atoms with Crippen molar-refractivity contribution in [2.75, 3.05) is 30.0 Å². The topological polar surface area (TPSA) is 111 Å². The summed E-state index contributed by atoms with van der Waals surface area (Å²) in [4.78, 5) is 40.7. The number of anilines is 2. The van der Waals surface area contributed by atoms with Crippen LogP contribution < -0.4 is 20.3 Å². The number of piperidine rings is 1. The summed E-state index contributed by atoms with van der Waals surface area (Å²) in [6.45, 7) is -3.37. The molecule has 2 aliphatic heterocycles. The van der Waals surface area contributed by atoms with Gasteiger partial charge in [-0.25, -0.2) is 4.68 Å². The fourth-order valence-electron chi connectivity index (χ4n) is 3.59. The van der Waals surface area contributed by atoms with E-state index in [2.05, 4.69) is 5.10 Å². The highest BCUT2D eigenvalue weighted by molar-refractivity contribution is 6.09. The molecule has 5 rings (SSSR count). The molecule has 0 aliphatic carbocycles. The van der Waals surface area contributed by atoms with Crippen molar-refractivity contribution in [3.63, 3.8) is 0 Å². The van der Waals surface area contributed by atoms with E-state index in [4.69, 9.17) is 26.9 Å². The number of carbonyl (C=O) groups excluding carboxylic acids is 3. The number of carbonyl (C=O) groups is 3. The van der Waals surface area contributed by atoms with Crippen LogP contribution in [0, 0.1) is 0 Å². The van der Waals surface area contributed by atoms with Gasteiger partial charge in [-0.3, -0.25) is 14.4 Å². The van der Waals surface area contributed by atoms with E-state index in [1.54, 1.807) is 0 Å². The molecule has 2 aliphatic rings. The minimum atomic E-state index is -3.23. The lowest BCUT2D eigenvalue weighted by atomic mass is 10.0. The third-order valence-corrected chi connectivity index (χ3v) is 5.20. The largest absolute Gasteiger partial charge is 0.497 e. The number of primary amides is 1. The normalized spacial score (nSPS) is 27.0. The number of ether oxygens (including phenoxy) is 1. The fraction of sp³-hybridized carbons (Fsp3) is 0.280. The Hall–Kier alpha value is -4.14. The lowest BCUT2D eigenvalue weighted by Gasteiger charge is -2.29. The van der Waals surface area contributed by atoms with Gasteiger partial charge in [0.2, 0.25) is 5.91 Å². The van der Waals surface area contributed by atoms with Crippen molar-refractivity contribution in [3.8, 4) is 11.4 Å². The van der Waals surface area contributed by atoms with Crippen LogP contribution >= 0.6 is 0 Å². The van der Waals surface area contributed by atoms with Crippen LogP contribution in [-0.2, 0) is 11.2 Å². The first kappa shape index (κ1) is 11.8. The molecule has 0 atom stereocenters. The van der Waals surface area contributed by atoms with Gasteiger partial charge in [0, 0.05) is 44.6 Å². The number of methoxy groups -OCH3 is 1. The Balaban J connectivity index is 1.63. The van der Waals surface area contributed by atoms with Crippen LogP contribution in [0.25, 0.3) is 5.69 Å². The molecule has 0 bridgehead atoms. The molecule has 3 heterocycles. The first-order chi connectivity index (χ1) is 21.1. The molecule has 2 aromatic carbocycles. The van der Waals surface area contributed by atoms with Crippen LogP contribution in [0.4, 0.5) is 11.4 Å². The van der Waals surface area contributed by atoms with E-state index in [0.717, 1.165) is 12.0 Å². The molecule has 0 unspecified atom stereocenters. The highest BCUT2D eigenvalue weighted by atomic mass is 16.5. The lowest BCUT2D eigenvalue weighted by molar-refractivity contribution is -0.119. The van der Waals surface area contributed by atoms with Gasteiger partial charge < -0.3 is 20.3 Å². The average molecular weight is 472 g/mol. The molecule has 0 saturated carbocycles. The van der Waals surface area contributed by atoms with Crippen LogP contribution in [0.2, 0.25) is 0 Å². The zero-order chi connectivity index (χ0) is 34.5. The van der Waals surface area contributed by atoms with Crippen LogP contribution in [0.5, 0.6) is 5.75 Å². The smallest absolute Gasteiger partial charge is 0.277 e. The molecular weight excluding hydrogens is 434 g/mol. The fourth-order valence-corrected chi connectivity index (χ4v) is 3.59. The Kier molecular flexibility index (Phi) is 3.01. The van der Waals surface area contributed by atoms with E-state index in [0.29, 0.717) is 9.58 Å². The second-order valence-corrected chi connectivity index (χ2v) is 7.14. The predicted molar refractivity (Wildman–Crippen MR) is 127 cm³/mol. The van der Waals surface area contributed by atoms with E-state index < -0.39 is 97.5 Å². The van der Waals surface area contributed by atoms with E-state index >= 15 is 0 Å². The number of rotatable bonds is 5. The maximum Gasteiger partial charge on any atom is 0.277 e. The first-order valence-corrected chi connectivity index (χ1v) is 9.95. The van der Waals surface area contributed by atoms with Crippen LogP contribution in [0.1, 0.15) is 62.1 Å². The van der Waals surface area contributed by atoms with Gasteiger partial charge in [-0.1, -0.05) is 0 Å². The van der Waals surface area contributed by atoms with Gasteiger partial charge in [-0.15, -0.1) is 0 Å². The van der Waals surface area contributed by atoms with E-state index in [9.17, 15) is 14.4 Å². The van der Waals surface area contributed by atoms with Gasteiger partial charge >= 0.3 is 0 Å². The van der Waals surface area contributed by atoms with Gasteiger partial charge in [-0.05, 0) is 67.6 Å². The van der Waals surface area contributed by atoms with Crippen LogP contribution in [-0.4, -0.2) is 47.7 Å². The molecule has 2 N–H and O–H groups in total. The molecule has 0 radical (unpaired) electrons. The van der Waals surface area contributed by atoms with E-state index in [1.165, 1.54) is 24.3 Å². The number of nitrogens with two attached hydrogens (primary N) is 1. The molecule has 3 aromatic rings.